The molecule has 1 aromatic rings. The maximum absolute atomic E-state index is 13.1. The number of amides is 1. The van der Waals surface area contributed by atoms with E-state index in [0.29, 0.717) is 23.1 Å². The van der Waals surface area contributed by atoms with Crippen LogP contribution in [0.25, 0.3) is 0 Å². The quantitative estimate of drug-likeness (QED) is 0.866. The Bertz CT molecular complexity index is 540. The Kier molecular flexibility index (Phi) is 4.60. The summed E-state index contributed by atoms with van der Waals surface area (Å²) < 4.78 is 0. The van der Waals surface area contributed by atoms with Crippen molar-refractivity contribution in [1.82, 2.24) is 15.8 Å². The van der Waals surface area contributed by atoms with Gasteiger partial charge in [0.2, 0.25) is 5.91 Å². The van der Waals surface area contributed by atoms with Crippen LogP contribution in [0, 0.1) is 5.92 Å². The van der Waals surface area contributed by atoms with E-state index >= 15 is 0 Å². The fourth-order valence-corrected chi connectivity index (χ4v) is 5.11. The lowest BCUT2D eigenvalue weighted by Gasteiger charge is -2.30. The second-order valence-corrected chi connectivity index (χ2v) is 8.31. The topological polar surface area (TPSA) is 44.4 Å². The van der Waals surface area contributed by atoms with Crippen LogP contribution in [0.5, 0.6) is 0 Å². The number of hydrazine groups is 1. The third-order valence-electron chi connectivity index (χ3n) is 5.28. The van der Waals surface area contributed by atoms with Gasteiger partial charge >= 0.3 is 0 Å². The van der Waals surface area contributed by atoms with Crippen LogP contribution in [0.4, 0.5) is 0 Å². The Labute approximate surface area is 142 Å². The average Bonchev–Trinajstić information content (AvgIpc) is 2.98. The highest BCUT2D eigenvalue weighted by molar-refractivity contribution is 8.00. The standard InChI is InChI=1S/C18H25N3OS/c22-18(17-9-16(17)13-5-2-1-3-6-13)21(14-10-19-20-11-14)12-15-7-4-8-23-15/h1-3,5-6,14-17,19-20H,4,7-12H2. The van der Waals surface area contributed by atoms with E-state index in [-0.39, 0.29) is 5.92 Å². The molecule has 1 saturated carbocycles. The Hall–Kier alpha value is -1.04. The minimum Gasteiger partial charge on any atom is -0.336 e. The summed E-state index contributed by atoms with van der Waals surface area (Å²) >= 11 is 2.04. The zero-order valence-corrected chi connectivity index (χ0v) is 14.2. The maximum Gasteiger partial charge on any atom is 0.226 e. The van der Waals surface area contributed by atoms with E-state index < -0.39 is 0 Å². The van der Waals surface area contributed by atoms with Gasteiger partial charge < -0.3 is 4.90 Å². The molecule has 1 aromatic carbocycles. The van der Waals surface area contributed by atoms with Crippen LogP contribution in [-0.2, 0) is 4.79 Å². The van der Waals surface area contributed by atoms with Crippen molar-refractivity contribution in [1.29, 1.82) is 0 Å². The number of thioether (sulfide) groups is 1. The number of hydrogen-bond donors (Lipinski definition) is 2. The van der Waals surface area contributed by atoms with E-state index in [0.717, 1.165) is 26.1 Å². The molecule has 0 bridgehead atoms. The maximum atomic E-state index is 13.1. The van der Waals surface area contributed by atoms with Gasteiger partial charge in [0.05, 0.1) is 6.04 Å². The number of benzene rings is 1. The molecule has 0 aromatic heterocycles. The van der Waals surface area contributed by atoms with Gasteiger partial charge in [-0.25, -0.2) is 0 Å². The van der Waals surface area contributed by atoms with Crippen molar-refractivity contribution < 1.29 is 4.79 Å². The second kappa shape index (κ2) is 6.83. The van der Waals surface area contributed by atoms with Crippen molar-refractivity contribution >= 4 is 17.7 Å². The number of carbonyl (C=O) groups excluding carboxylic acids is 1. The highest BCUT2D eigenvalue weighted by atomic mass is 32.2. The van der Waals surface area contributed by atoms with Gasteiger partial charge in [0, 0.05) is 30.8 Å². The largest absolute Gasteiger partial charge is 0.336 e. The van der Waals surface area contributed by atoms with Crippen molar-refractivity contribution in [3.63, 3.8) is 0 Å². The molecule has 1 aliphatic carbocycles. The minimum absolute atomic E-state index is 0.199. The first kappa shape index (κ1) is 15.5. The second-order valence-electron chi connectivity index (χ2n) is 6.90. The van der Waals surface area contributed by atoms with Crippen LogP contribution in [0.15, 0.2) is 30.3 Å². The summed E-state index contributed by atoms with van der Waals surface area (Å²) in [7, 11) is 0. The lowest BCUT2D eigenvalue weighted by Crippen LogP contribution is -2.47. The van der Waals surface area contributed by atoms with Crippen LogP contribution in [-0.4, -0.2) is 47.5 Å². The SMILES string of the molecule is O=C(C1CC1c1ccccc1)N(CC1CCCS1)C1CNNC1. The van der Waals surface area contributed by atoms with Crippen molar-refractivity contribution in [2.24, 2.45) is 5.92 Å². The van der Waals surface area contributed by atoms with Crippen molar-refractivity contribution in [2.75, 3.05) is 25.4 Å². The van der Waals surface area contributed by atoms with Crippen molar-refractivity contribution in [2.45, 2.75) is 36.5 Å². The van der Waals surface area contributed by atoms with Crippen molar-refractivity contribution in [3.8, 4) is 0 Å². The summed E-state index contributed by atoms with van der Waals surface area (Å²) in [5.41, 5.74) is 7.69. The number of nitrogens with zero attached hydrogens (tertiary/aromatic N) is 1. The van der Waals surface area contributed by atoms with Gasteiger partial charge in [0.15, 0.2) is 0 Å². The molecule has 0 spiro atoms. The van der Waals surface area contributed by atoms with Crippen LogP contribution >= 0.6 is 11.8 Å². The molecule has 23 heavy (non-hydrogen) atoms. The summed E-state index contributed by atoms with van der Waals surface area (Å²) in [5, 5.41) is 0.633. The van der Waals surface area contributed by atoms with Crippen molar-refractivity contribution in [3.05, 3.63) is 35.9 Å². The predicted molar refractivity (Wildman–Crippen MR) is 94.3 cm³/mol. The molecule has 3 atom stereocenters. The van der Waals surface area contributed by atoms with E-state index in [4.69, 9.17) is 0 Å². The van der Waals surface area contributed by atoms with E-state index in [1.807, 2.05) is 17.8 Å². The van der Waals surface area contributed by atoms with Crippen LogP contribution < -0.4 is 10.9 Å². The molecule has 2 N–H and O–H groups in total. The van der Waals surface area contributed by atoms with Gasteiger partial charge in [-0.1, -0.05) is 30.3 Å². The van der Waals surface area contributed by atoms with Gasteiger partial charge in [-0.05, 0) is 36.5 Å². The third-order valence-corrected chi connectivity index (χ3v) is 6.66. The number of hydrogen-bond acceptors (Lipinski definition) is 4. The summed E-state index contributed by atoms with van der Waals surface area (Å²) in [6, 6.07) is 10.8. The first-order valence-corrected chi connectivity index (χ1v) is 9.80. The van der Waals surface area contributed by atoms with Gasteiger partial charge in [-0.2, -0.15) is 11.8 Å². The summed E-state index contributed by atoms with van der Waals surface area (Å²) in [6.45, 7) is 2.66. The Morgan fingerprint density at radius 3 is 2.70 bits per heavy atom. The van der Waals surface area contributed by atoms with E-state index in [1.54, 1.807) is 0 Å². The molecular weight excluding hydrogens is 306 g/mol. The van der Waals surface area contributed by atoms with Gasteiger partial charge in [-0.15, -0.1) is 0 Å². The number of nitrogens with one attached hydrogen (secondary N) is 2. The Morgan fingerprint density at radius 2 is 2.00 bits per heavy atom. The molecule has 124 valence electrons. The average molecular weight is 331 g/mol. The smallest absolute Gasteiger partial charge is 0.226 e. The lowest BCUT2D eigenvalue weighted by atomic mass is 10.1. The normalized spacial score (nSPS) is 30.5. The number of carbonyl (C=O) groups is 1. The highest BCUT2D eigenvalue weighted by Gasteiger charge is 2.47. The number of rotatable bonds is 5. The van der Waals surface area contributed by atoms with Gasteiger partial charge in [-0.3, -0.25) is 15.6 Å². The monoisotopic (exact) mass is 331 g/mol. The van der Waals surface area contributed by atoms with E-state index in [2.05, 4.69) is 40.0 Å². The Balaban J connectivity index is 1.44. The Morgan fingerprint density at radius 1 is 1.22 bits per heavy atom. The molecule has 5 heteroatoms. The summed E-state index contributed by atoms with van der Waals surface area (Å²) in [4.78, 5) is 15.3. The van der Waals surface area contributed by atoms with Crippen LogP contribution in [0.1, 0.15) is 30.7 Å². The molecular formula is C18H25N3OS. The molecule has 2 aliphatic heterocycles. The molecule has 1 amide bonds. The molecule has 3 unspecified atom stereocenters. The first-order valence-electron chi connectivity index (χ1n) is 8.75. The van der Waals surface area contributed by atoms with Gasteiger partial charge in [0.25, 0.3) is 0 Å². The predicted octanol–water partition coefficient (Wildman–Crippen LogP) is 1.99. The van der Waals surface area contributed by atoms with Gasteiger partial charge in [0.1, 0.15) is 0 Å². The minimum atomic E-state index is 0.199. The third kappa shape index (κ3) is 3.42. The van der Waals surface area contributed by atoms with E-state index in [9.17, 15) is 4.79 Å². The summed E-state index contributed by atoms with van der Waals surface area (Å²) in [6.07, 6.45) is 3.58. The summed E-state index contributed by atoms with van der Waals surface area (Å²) in [5.74, 6) is 2.26. The molecule has 3 aliphatic rings. The fraction of sp³-hybridized carbons (Fsp3) is 0.611. The van der Waals surface area contributed by atoms with E-state index in [1.165, 1.54) is 24.2 Å². The highest BCUT2D eigenvalue weighted by Crippen LogP contribution is 2.48. The first-order chi connectivity index (χ1) is 11.3. The van der Waals surface area contributed by atoms with Crippen LogP contribution in [0.2, 0.25) is 0 Å². The zero-order chi connectivity index (χ0) is 15.6. The molecule has 4 nitrogen and oxygen atoms in total. The fourth-order valence-electron chi connectivity index (χ4n) is 3.85. The molecule has 2 saturated heterocycles. The molecule has 2 heterocycles. The molecule has 4 rings (SSSR count). The molecule has 0 radical (unpaired) electrons. The molecule has 3 fully saturated rings. The van der Waals surface area contributed by atoms with Crippen LogP contribution in [0.3, 0.4) is 0 Å². The zero-order valence-electron chi connectivity index (χ0n) is 13.4. The lowest BCUT2D eigenvalue weighted by molar-refractivity contribution is -0.134.